The van der Waals surface area contributed by atoms with Gasteiger partial charge in [-0.15, -0.1) is 5.10 Å². The van der Waals surface area contributed by atoms with Crippen LogP contribution in [0, 0.1) is 0 Å². The van der Waals surface area contributed by atoms with Gasteiger partial charge in [-0.3, -0.25) is 0 Å². The highest BCUT2D eigenvalue weighted by atomic mass is 16.6. The molecule has 23 heavy (non-hydrogen) atoms. The number of nitrogens with zero attached hydrogens (tertiary/aromatic N) is 3. The zero-order valence-electron chi connectivity index (χ0n) is 13.7. The molecule has 124 valence electrons. The summed E-state index contributed by atoms with van der Waals surface area (Å²) in [5, 5.41) is 13.9. The largest absolute Gasteiger partial charge is 0.444 e. The molecule has 2 rings (SSSR count). The second-order valence-electron chi connectivity index (χ2n) is 6.07. The minimum absolute atomic E-state index is 0.388. The standard InChI is InChI=1S/C16H23N5O2/c1-16(2,3)23-15(22)18-10-6-9-17-13-7-4-5-8-14(13)21-12-11-19-20-21/h4-5,7-8,11-12,17H,6,9-10H2,1-3H3,(H,18,22). The summed E-state index contributed by atoms with van der Waals surface area (Å²) in [5.41, 5.74) is 1.43. The molecule has 7 nitrogen and oxygen atoms in total. The van der Waals surface area contributed by atoms with E-state index in [0.29, 0.717) is 6.54 Å². The van der Waals surface area contributed by atoms with Crippen LogP contribution in [0.3, 0.4) is 0 Å². The number of rotatable bonds is 6. The van der Waals surface area contributed by atoms with Crippen molar-refractivity contribution in [2.75, 3.05) is 18.4 Å². The smallest absolute Gasteiger partial charge is 0.407 e. The Bertz CT molecular complexity index is 620. The monoisotopic (exact) mass is 317 g/mol. The third-order valence-corrected chi connectivity index (χ3v) is 2.91. The van der Waals surface area contributed by atoms with Gasteiger partial charge in [0.15, 0.2) is 0 Å². The van der Waals surface area contributed by atoms with Crippen molar-refractivity contribution in [1.82, 2.24) is 20.3 Å². The minimum atomic E-state index is -0.473. The maximum atomic E-state index is 11.5. The van der Waals surface area contributed by atoms with Crippen LogP contribution in [0.4, 0.5) is 10.5 Å². The molecule has 0 fully saturated rings. The first-order valence-electron chi connectivity index (χ1n) is 7.62. The quantitative estimate of drug-likeness (QED) is 0.800. The fraction of sp³-hybridized carbons (Fsp3) is 0.438. The van der Waals surface area contributed by atoms with Crippen LogP contribution in [0.15, 0.2) is 36.7 Å². The summed E-state index contributed by atoms with van der Waals surface area (Å²) in [5.74, 6) is 0. The Kier molecular flexibility index (Phi) is 5.56. The average molecular weight is 317 g/mol. The van der Waals surface area contributed by atoms with E-state index in [2.05, 4.69) is 20.9 Å². The molecule has 0 atom stereocenters. The first kappa shape index (κ1) is 16.8. The van der Waals surface area contributed by atoms with E-state index in [1.54, 1.807) is 17.1 Å². The summed E-state index contributed by atoms with van der Waals surface area (Å²) >= 11 is 0. The molecule has 0 unspecified atom stereocenters. The van der Waals surface area contributed by atoms with Crippen molar-refractivity contribution >= 4 is 11.8 Å². The summed E-state index contributed by atoms with van der Waals surface area (Å²) in [6, 6.07) is 7.86. The van der Waals surface area contributed by atoms with E-state index >= 15 is 0 Å². The van der Waals surface area contributed by atoms with Crippen LogP contribution in [-0.4, -0.2) is 39.8 Å². The fourth-order valence-corrected chi connectivity index (χ4v) is 1.98. The Hall–Kier alpha value is -2.57. The molecule has 0 spiro atoms. The molecule has 0 bridgehead atoms. The zero-order valence-corrected chi connectivity index (χ0v) is 13.7. The van der Waals surface area contributed by atoms with Crippen LogP contribution in [0.2, 0.25) is 0 Å². The molecule has 0 saturated heterocycles. The van der Waals surface area contributed by atoms with Gasteiger partial charge in [-0.05, 0) is 39.3 Å². The maximum absolute atomic E-state index is 11.5. The van der Waals surface area contributed by atoms with Crippen molar-refractivity contribution in [2.45, 2.75) is 32.8 Å². The van der Waals surface area contributed by atoms with Crippen molar-refractivity contribution < 1.29 is 9.53 Å². The van der Waals surface area contributed by atoms with Crippen molar-refractivity contribution in [3.8, 4) is 5.69 Å². The number of benzene rings is 1. The number of hydrogen-bond acceptors (Lipinski definition) is 5. The Morgan fingerprint density at radius 1 is 1.26 bits per heavy atom. The molecule has 2 aromatic rings. The number of aromatic nitrogens is 3. The Morgan fingerprint density at radius 3 is 2.74 bits per heavy atom. The highest BCUT2D eigenvalue weighted by Gasteiger charge is 2.15. The maximum Gasteiger partial charge on any atom is 0.407 e. The highest BCUT2D eigenvalue weighted by Crippen LogP contribution is 2.18. The van der Waals surface area contributed by atoms with Crippen LogP contribution in [0.5, 0.6) is 0 Å². The summed E-state index contributed by atoms with van der Waals surface area (Å²) in [6.07, 6.45) is 3.83. The van der Waals surface area contributed by atoms with Crippen molar-refractivity contribution in [3.63, 3.8) is 0 Å². The number of ether oxygens (including phenoxy) is 1. The molecule has 0 radical (unpaired) electrons. The van der Waals surface area contributed by atoms with Crippen LogP contribution < -0.4 is 10.6 Å². The number of anilines is 1. The van der Waals surface area contributed by atoms with Gasteiger partial charge in [0.1, 0.15) is 5.60 Å². The van der Waals surface area contributed by atoms with E-state index in [-0.39, 0.29) is 6.09 Å². The van der Waals surface area contributed by atoms with E-state index in [4.69, 9.17) is 4.74 Å². The van der Waals surface area contributed by atoms with Crippen molar-refractivity contribution in [2.24, 2.45) is 0 Å². The van der Waals surface area contributed by atoms with Crippen LogP contribution in [-0.2, 0) is 4.74 Å². The summed E-state index contributed by atoms with van der Waals surface area (Å²) in [7, 11) is 0. The van der Waals surface area contributed by atoms with Crippen LogP contribution in [0.1, 0.15) is 27.2 Å². The fourth-order valence-electron chi connectivity index (χ4n) is 1.98. The number of hydrogen-bond donors (Lipinski definition) is 2. The lowest BCUT2D eigenvalue weighted by molar-refractivity contribution is 0.0528. The highest BCUT2D eigenvalue weighted by molar-refractivity contribution is 5.67. The summed E-state index contributed by atoms with van der Waals surface area (Å²) < 4.78 is 6.89. The third kappa shape index (κ3) is 5.61. The molecule has 0 aliphatic carbocycles. The van der Waals surface area contributed by atoms with E-state index in [9.17, 15) is 4.79 Å². The molecular weight excluding hydrogens is 294 g/mol. The van der Waals surface area contributed by atoms with E-state index in [1.807, 2.05) is 45.0 Å². The lowest BCUT2D eigenvalue weighted by Crippen LogP contribution is -2.33. The van der Waals surface area contributed by atoms with Gasteiger partial charge in [-0.25, -0.2) is 9.48 Å². The molecule has 1 heterocycles. The molecule has 0 saturated carbocycles. The SMILES string of the molecule is CC(C)(C)OC(=O)NCCCNc1ccccc1-n1ccnn1. The first-order chi connectivity index (χ1) is 11.0. The first-order valence-corrected chi connectivity index (χ1v) is 7.62. The number of carbonyl (C=O) groups is 1. The Morgan fingerprint density at radius 2 is 2.04 bits per heavy atom. The Balaban J connectivity index is 1.76. The van der Waals surface area contributed by atoms with E-state index in [1.165, 1.54) is 0 Å². The van der Waals surface area contributed by atoms with Crippen LogP contribution in [0.25, 0.3) is 5.69 Å². The second-order valence-corrected chi connectivity index (χ2v) is 6.07. The molecule has 0 aliphatic heterocycles. The summed E-state index contributed by atoms with van der Waals surface area (Å²) in [6.45, 7) is 6.80. The number of nitrogens with one attached hydrogen (secondary N) is 2. The lowest BCUT2D eigenvalue weighted by Gasteiger charge is -2.19. The predicted molar refractivity (Wildman–Crippen MR) is 88.7 cm³/mol. The second kappa shape index (κ2) is 7.62. The average Bonchev–Trinajstić information content (AvgIpc) is 2.99. The molecule has 1 aromatic heterocycles. The summed E-state index contributed by atoms with van der Waals surface area (Å²) in [4.78, 5) is 11.5. The predicted octanol–water partition coefficient (Wildman–Crippen LogP) is 2.59. The van der Waals surface area contributed by atoms with Gasteiger partial charge in [0, 0.05) is 13.1 Å². The minimum Gasteiger partial charge on any atom is -0.444 e. The molecule has 0 aliphatic rings. The third-order valence-electron chi connectivity index (χ3n) is 2.91. The van der Waals surface area contributed by atoms with Gasteiger partial charge in [-0.2, -0.15) is 0 Å². The lowest BCUT2D eigenvalue weighted by atomic mass is 10.2. The molecule has 2 N–H and O–H groups in total. The van der Waals surface area contributed by atoms with Gasteiger partial charge >= 0.3 is 6.09 Å². The van der Waals surface area contributed by atoms with Crippen molar-refractivity contribution in [3.05, 3.63) is 36.7 Å². The van der Waals surface area contributed by atoms with Gasteiger partial charge in [0.05, 0.1) is 23.8 Å². The molecule has 7 heteroatoms. The normalized spacial score (nSPS) is 11.1. The zero-order chi connectivity index (χ0) is 16.7. The molecule has 1 amide bonds. The van der Waals surface area contributed by atoms with Gasteiger partial charge in [-0.1, -0.05) is 17.3 Å². The molecule has 1 aromatic carbocycles. The topological polar surface area (TPSA) is 81.1 Å². The van der Waals surface area contributed by atoms with E-state index < -0.39 is 5.60 Å². The number of alkyl carbamates (subject to hydrolysis) is 1. The van der Waals surface area contributed by atoms with Gasteiger partial charge in [0.25, 0.3) is 0 Å². The number of amides is 1. The van der Waals surface area contributed by atoms with Gasteiger partial charge < -0.3 is 15.4 Å². The van der Waals surface area contributed by atoms with E-state index in [0.717, 1.165) is 24.3 Å². The number of carbonyl (C=O) groups excluding carboxylic acids is 1. The van der Waals surface area contributed by atoms with Gasteiger partial charge in [0.2, 0.25) is 0 Å². The van der Waals surface area contributed by atoms with Crippen molar-refractivity contribution in [1.29, 1.82) is 0 Å². The Labute approximate surface area is 136 Å². The molecular formula is C16H23N5O2. The number of para-hydroxylation sites is 2. The van der Waals surface area contributed by atoms with Crippen LogP contribution >= 0.6 is 0 Å².